The lowest BCUT2D eigenvalue weighted by Crippen LogP contribution is -2.56. The summed E-state index contributed by atoms with van der Waals surface area (Å²) < 4.78 is 5.69. The first-order valence-electron chi connectivity index (χ1n) is 7.73. The number of ether oxygens (including phenoxy) is 1. The molecule has 1 saturated heterocycles. The first kappa shape index (κ1) is 16.3. The van der Waals surface area contributed by atoms with Gasteiger partial charge in [0.25, 0.3) is 0 Å². The third kappa shape index (κ3) is 4.27. The molecule has 0 unspecified atom stereocenters. The molecule has 0 saturated carbocycles. The Hall–Kier alpha value is -2.52. The van der Waals surface area contributed by atoms with Crippen molar-refractivity contribution in [1.82, 2.24) is 9.88 Å². The van der Waals surface area contributed by atoms with Gasteiger partial charge in [-0.05, 0) is 18.2 Å². The minimum atomic E-state index is -0.0443. The number of aromatic nitrogens is 1. The summed E-state index contributed by atoms with van der Waals surface area (Å²) in [5.74, 6) is 1.36. The van der Waals surface area contributed by atoms with Crippen LogP contribution in [-0.4, -0.2) is 40.7 Å². The van der Waals surface area contributed by atoms with E-state index in [-0.39, 0.29) is 12.0 Å². The number of carbonyl (C=O) groups excluding carboxylic acids is 1. The second kappa shape index (κ2) is 7.84. The molecule has 2 heterocycles. The van der Waals surface area contributed by atoms with Crippen molar-refractivity contribution in [1.29, 1.82) is 5.26 Å². The Morgan fingerprint density at radius 2 is 2.12 bits per heavy atom. The molecule has 1 aromatic heterocycles. The van der Waals surface area contributed by atoms with E-state index in [4.69, 9.17) is 10.00 Å². The molecule has 1 aliphatic rings. The van der Waals surface area contributed by atoms with Crippen molar-refractivity contribution in [3.05, 3.63) is 54.2 Å². The Labute approximate surface area is 145 Å². The van der Waals surface area contributed by atoms with Gasteiger partial charge in [-0.2, -0.15) is 5.26 Å². The van der Waals surface area contributed by atoms with Gasteiger partial charge >= 0.3 is 0 Å². The number of likely N-dealkylation sites (tertiary alicyclic amines) is 1. The van der Waals surface area contributed by atoms with Crippen molar-refractivity contribution < 1.29 is 9.53 Å². The zero-order valence-corrected chi connectivity index (χ0v) is 13.9. The van der Waals surface area contributed by atoms with E-state index in [1.54, 1.807) is 35.0 Å². The molecular weight excluding hydrogens is 322 g/mol. The Kier molecular flexibility index (Phi) is 5.34. The zero-order chi connectivity index (χ0) is 16.8. The van der Waals surface area contributed by atoms with Crippen LogP contribution in [0, 0.1) is 11.3 Å². The summed E-state index contributed by atoms with van der Waals surface area (Å²) in [6, 6.07) is 15.4. The molecule has 24 heavy (non-hydrogen) atoms. The van der Waals surface area contributed by atoms with E-state index in [1.807, 2.05) is 30.3 Å². The molecule has 1 aliphatic heterocycles. The molecule has 0 radical (unpaired) electrons. The molecule has 0 aliphatic carbocycles. The minimum Gasteiger partial charge on any atom is -0.471 e. The predicted molar refractivity (Wildman–Crippen MR) is 91.7 cm³/mol. The average molecular weight is 339 g/mol. The van der Waals surface area contributed by atoms with Crippen molar-refractivity contribution in [3.63, 3.8) is 0 Å². The number of thioether (sulfide) groups is 1. The van der Waals surface area contributed by atoms with Crippen LogP contribution in [0.4, 0.5) is 0 Å². The quantitative estimate of drug-likeness (QED) is 0.757. The highest BCUT2D eigenvalue weighted by Gasteiger charge is 2.32. The summed E-state index contributed by atoms with van der Waals surface area (Å²) in [5, 5.41) is 8.86. The SMILES string of the molecule is N#Cc1ccnc(OC2CN(C(=O)CCSc3ccccc3)C2)c1. The van der Waals surface area contributed by atoms with Gasteiger partial charge in [0.2, 0.25) is 11.8 Å². The summed E-state index contributed by atoms with van der Waals surface area (Å²) in [6.07, 6.45) is 2.03. The number of nitrogens with zero attached hydrogens (tertiary/aromatic N) is 3. The largest absolute Gasteiger partial charge is 0.471 e. The van der Waals surface area contributed by atoms with Crippen LogP contribution in [0.3, 0.4) is 0 Å². The number of rotatable bonds is 6. The summed E-state index contributed by atoms with van der Waals surface area (Å²) in [7, 11) is 0. The molecule has 1 amide bonds. The Morgan fingerprint density at radius 1 is 1.33 bits per heavy atom. The topological polar surface area (TPSA) is 66.2 Å². The second-order valence-electron chi connectivity index (χ2n) is 5.44. The molecule has 1 fully saturated rings. The fourth-order valence-corrected chi connectivity index (χ4v) is 3.22. The maximum absolute atomic E-state index is 12.1. The number of hydrogen-bond acceptors (Lipinski definition) is 5. The highest BCUT2D eigenvalue weighted by Crippen LogP contribution is 2.21. The summed E-state index contributed by atoms with van der Waals surface area (Å²) in [6.45, 7) is 1.15. The molecule has 122 valence electrons. The predicted octanol–water partition coefficient (Wildman–Crippen LogP) is 2.73. The number of amides is 1. The average Bonchev–Trinajstić information content (AvgIpc) is 2.58. The molecule has 0 spiro atoms. The van der Waals surface area contributed by atoms with Crippen LogP contribution in [0.2, 0.25) is 0 Å². The van der Waals surface area contributed by atoms with Crippen molar-refractivity contribution in [2.75, 3.05) is 18.8 Å². The molecule has 3 rings (SSSR count). The van der Waals surface area contributed by atoms with Crippen LogP contribution in [0.1, 0.15) is 12.0 Å². The summed E-state index contributed by atoms with van der Waals surface area (Å²) >= 11 is 1.69. The van der Waals surface area contributed by atoms with Crippen LogP contribution in [0.15, 0.2) is 53.6 Å². The Morgan fingerprint density at radius 3 is 2.88 bits per heavy atom. The lowest BCUT2D eigenvalue weighted by atomic mass is 10.1. The summed E-state index contributed by atoms with van der Waals surface area (Å²) in [4.78, 5) is 19.2. The van der Waals surface area contributed by atoms with Gasteiger partial charge < -0.3 is 9.64 Å². The van der Waals surface area contributed by atoms with Crippen molar-refractivity contribution in [3.8, 4) is 11.9 Å². The van der Waals surface area contributed by atoms with Gasteiger partial charge in [0.15, 0.2) is 0 Å². The molecule has 2 aromatic rings. The number of benzene rings is 1. The Bertz CT molecular complexity index is 739. The van der Waals surface area contributed by atoms with Crippen molar-refractivity contribution in [2.24, 2.45) is 0 Å². The maximum Gasteiger partial charge on any atom is 0.223 e. The first-order valence-corrected chi connectivity index (χ1v) is 8.71. The summed E-state index contributed by atoms with van der Waals surface area (Å²) in [5.41, 5.74) is 0.519. The van der Waals surface area contributed by atoms with Crippen LogP contribution < -0.4 is 4.74 Å². The van der Waals surface area contributed by atoms with Gasteiger partial charge in [-0.3, -0.25) is 4.79 Å². The second-order valence-corrected chi connectivity index (χ2v) is 6.61. The highest BCUT2D eigenvalue weighted by molar-refractivity contribution is 7.99. The van der Waals surface area contributed by atoms with E-state index >= 15 is 0 Å². The fraction of sp³-hybridized carbons (Fsp3) is 0.278. The molecule has 0 bridgehead atoms. The fourth-order valence-electron chi connectivity index (χ4n) is 2.36. The zero-order valence-electron chi connectivity index (χ0n) is 13.1. The normalized spacial score (nSPS) is 13.9. The number of carbonyl (C=O) groups is 1. The molecule has 0 N–H and O–H groups in total. The van der Waals surface area contributed by atoms with Gasteiger partial charge in [0.1, 0.15) is 6.10 Å². The Balaban J connectivity index is 1.38. The van der Waals surface area contributed by atoms with Crippen LogP contribution in [0.25, 0.3) is 0 Å². The van der Waals surface area contributed by atoms with E-state index in [0.29, 0.717) is 31.0 Å². The number of nitriles is 1. The molecule has 5 nitrogen and oxygen atoms in total. The minimum absolute atomic E-state index is 0.0443. The van der Waals surface area contributed by atoms with E-state index in [1.165, 1.54) is 4.90 Å². The number of hydrogen-bond donors (Lipinski definition) is 0. The van der Waals surface area contributed by atoms with Crippen LogP contribution in [0.5, 0.6) is 5.88 Å². The first-order chi connectivity index (χ1) is 11.7. The third-order valence-electron chi connectivity index (χ3n) is 3.68. The van der Waals surface area contributed by atoms with Gasteiger partial charge in [0, 0.05) is 29.3 Å². The van der Waals surface area contributed by atoms with E-state index in [0.717, 1.165) is 5.75 Å². The number of pyridine rings is 1. The molecule has 1 aromatic carbocycles. The van der Waals surface area contributed by atoms with E-state index in [9.17, 15) is 4.79 Å². The third-order valence-corrected chi connectivity index (χ3v) is 4.69. The van der Waals surface area contributed by atoms with Gasteiger partial charge in [-0.1, -0.05) is 18.2 Å². The van der Waals surface area contributed by atoms with Crippen molar-refractivity contribution in [2.45, 2.75) is 17.4 Å². The van der Waals surface area contributed by atoms with Gasteiger partial charge in [0.05, 0.1) is 24.7 Å². The van der Waals surface area contributed by atoms with Crippen molar-refractivity contribution >= 4 is 17.7 Å². The standard InChI is InChI=1S/C18H17N3O2S/c19-11-14-6-8-20-17(10-14)23-15-12-21(13-15)18(22)7-9-24-16-4-2-1-3-5-16/h1-6,8,10,15H,7,9,12-13H2. The monoisotopic (exact) mass is 339 g/mol. The van der Waals surface area contributed by atoms with Crippen LogP contribution >= 0.6 is 11.8 Å². The van der Waals surface area contributed by atoms with Gasteiger partial charge in [-0.15, -0.1) is 11.8 Å². The lowest BCUT2D eigenvalue weighted by molar-refractivity contribution is -0.139. The van der Waals surface area contributed by atoms with E-state index in [2.05, 4.69) is 11.1 Å². The maximum atomic E-state index is 12.1. The molecular formula is C18H17N3O2S. The smallest absolute Gasteiger partial charge is 0.223 e. The lowest BCUT2D eigenvalue weighted by Gasteiger charge is -2.38. The molecule has 6 heteroatoms. The van der Waals surface area contributed by atoms with Gasteiger partial charge in [-0.25, -0.2) is 4.98 Å². The van der Waals surface area contributed by atoms with Crippen LogP contribution in [-0.2, 0) is 4.79 Å². The van der Waals surface area contributed by atoms with E-state index < -0.39 is 0 Å². The highest BCUT2D eigenvalue weighted by atomic mass is 32.2. The molecule has 0 atom stereocenters.